The highest BCUT2D eigenvalue weighted by molar-refractivity contribution is 7.84. The molecule has 0 amide bonds. The predicted octanol–water partition coefficient (Wildman–Crippen LogP) is 4.93. The molecule has 1 aromatic heterocycles. The lowest BCUT2D eigenvalue weighted by molar-refractivity contribution is 0.687. The van der Waals surface area contributed by atoms with Crippen molar-refractivity contribution < 1.29 is 4.21 Å². The van der Waals surface area contributed by atoms with Crippen LogP contribution in [0.15, 0.2) is 83.8 Å². The Balaban J connectivity index is 1.77. The summed E-state index contributed by atoms with van der Waals surface area (Å²) in [5.74, 6) is 0.876. The van der Waals surface area contributed by atoms with Gasteiger partial charge >= 0.3 is 0 Å². The molecule has 0 aliphatic rings. The molecule has 0 aliphatic carbocycles. The van der Waals surface area contributed by atoms with Crippen LogP contribution in [0.4, 0.5) is 0 Å². The van der Waals surface area contributed by atoms with Crippen LogP contribution in [0.2, 0.25) is 0 Å². The van der Waals surface area contributed by atoms with Crippen LogP contribution in [0.1, 0.15) is 11.4 Å². The lowest BCUT2D eigenvalue weighted by Crippen LogP contribution is -1.96. The number of aromatic nitrogens is 2. The molecule has 0 aliphatic heterocycles. The Hall–Kier alpha value is -2.98. The number of imidazole rings is 1. The van der Waals surface area contributed by atoms with Crippen molar-refractivity contribution in [3.63, 3.8) is 0 Å². The zero-order chi connectivity index (χ0) is 17.9. The van der Waals surface area contributed by atoms with Crippen LogP contribution in [0.25, 0.3) is 28.9 Å². The minimum Gasteiger partial charge on any atom is -0.293 e. The van der Waals surface area contributed by atoms with E-state index >= 15 is 0 Å². The van der Waals surface area contributed by atoms with Crippen molar-refractivity contribution in [2.75, 3.05) is 6.26 Å². The fourth-order valence-electron chi connectivity index (χ4n) is 2.95. The van der Waals surface area contributed by atoms with Gasteiger partial charge in [0.2, 0.25) is 0 Å². The quantitative estimate of drug-likeness (QED) is 0.518. The molecule has 4 aromatic rings. The van der Waals surface area contributed by atoms with Gasteiger partial charge in [0.05, 0.1) is 11.0 Å². The second kappa shape index (κ2) is 7.10. The van der Waals surface area contributed by atoms with Gasteiger partial charge in [-0.05, 0) is 48.0 Å². The van der Waals surface area contributed by atoms with Gasteiger partial charge < -0.3 is 0 Å². The van der Waals surface area contributed by atoms with Crippen molar-refractivity contribution in [2.24, 2.45) is 0 Å². The number of hydrogen-bond donors (Lipinski definition) is 0. The highest BCUT2D eigenvalue weighted by atomic mass is 32.2. The number of benzene rings is 3. The molecule has 26 heavy (non-hydrogen) atoms. The molecule has 0 fully saturated rings. The number of fused-ring (bicyclic) bond motifs is 1. The maximum absolute atomic E-state index is 11.5. The van der Waals surface area contributed by atoms with Crippen molar-refractivity contribution in [1.29, 1.82) is 0 Å². The van der Waals surface area contributed by atoms with E-state index in [-0.39, 0.29) is 0 Å². The molecule has 3 nitrogen and oxygen atoms in total. The van der Waals surface area contributed by atoms with E-state index in [1.807, 2.05) is 72.8 Å². The third kappa shape index (κ3) is 3.24. The second-order valence-electron chi connectivity index (χ2n) is 5.99. The van der Waals surface area contributed by atoms with Crippen LogP contribution in [-0.2, 0) is 10.8 Å². The first-order valence-corrected chi connectivity index (χ1v) is 9.93. The van der Waals surface area contributed by atoms with Crippen molar-refractivity contribution in [3.8, 4) is 5.69 Å². The Morgan fingerprint density at radius 2 is 1.54 bits per heavy atom. The molecule has 0 saturated heterocycles. The first kappa shape index (κ1) is 16.5. The SMILES string of the molecule is CS(=O)c1ccc(C=Cc2nc3ccccc3n2-c2ccccc2)cc1. The second-order valence-corrected chi connectivity index (χ2v) is 7.37. The monoisotopic (exact) mass is 358 g/mol. The molecular weight excluding hydrogens is 340 g/mol. The molecule has 0 saturated carbocycles. The topological polar surface area (TPSA) is 34.9 Å². The van der Waals surface area contributed by atoms with E-state index in [4.69, 9.17) is 4.98 Å². The van der Waals surface area contributed by atoms with E-state index in [1.165, 1.54) is 0 Å². The first-order valence-electron chi connectivity index (χ1n) is 8.37. The average molecular weight is 358 g/mol. The van der Waals surface area contributed by atoms with E-state index in [0.717, 1.165) is 33.0 Å². The first-order chi connectivity index (χ1) is 12.7. The Kier molecular flexibility index (Phi) is 4.50. The van der Waals surface area contributed by atoms with Crippen LogP contribution >= 0.6 is 0 Å². The van der Waals surface area contributed by atoms with E-state index in [2.05, 4.69) is 22.8 Å². The summed E-state index contributed by atoms with van der Waals surface area (Å²) in [5, 5.41) is 0. The lowest BCUT2D eigenvalue weighted by atomic mass is 10.2. The highest BCUT2D eigenvalue weighted by Crippen LogP contribution is 2.23. The Bertz CT molecular complexity index is 1100. The predicted molar refractivity (Wildman–Crippen MR) is 109 cm³/mol. The van der Waals surface area contributed by atoms with Crippen LogP contribution in [0.3, 0.4) is 0 Å². The minimum atomic E-state index is -0.957. The van der Waals surface area contributed by atoms with Gasteiger partial charge in [0, 0.05) is 27.6 Å². The van der Waals surface area contributed by atoms with Crippen LogP contribution in [0.5, 0.6) is 0 Å². The van der Waals surface area contributed by atoms with Crippen LogP contribution in [-0.4, -0.2) is 20.0 Å². The van der Waals surface area contributed by atoms with Gasteiger partial charge in [-0.1, -0.05) is 48.5 Å². The molecule has 1 heterocycles. The fourth-order valence-corrected chi connectivity index (χ4v) is 3.47. The third-order valence-corrected chi connectivity index (χ3v) is 5.17. The van der Waals surface area contributed by atoms with E-state index in [0.29, 0.717) is 0 Å². The Morgan fingerprint density at radius 1 is 0.846 bits per heavy atom. The summed E-state index contributed by atoms with van der Waals surface area (Å²) in [6, 6.07) is 26.1. The molecule has 3 aromatic carbocycles. The van der Waals surface area contributed by atoms with Gasteiger partial charge in [-0.2, -0.15) is 0 Å². The third-order valence-electron chi connectivity index (χ3n) is 4.24. The lowest BCUT2D eigenvalue weighted by Gasteiger charge is -2.06. The molecular formula is C22H18N2OS. The normalized spacial score (nSPS) is 12.7. The van der Waals surface area contributed by atoms with Crippen LogP contribution < -0.4 is 0 Å². The maximum atomic E-state index is 11.5. The van der Waals surface area contributed by atoms with Gasteiger partial charge in [0.15, 0.2) is 0 Å². The van der Waals surface area contributed by atoms with E-state index in [9.17, 15) is 4.21 Å². The zero-order valence-electron chi connectivity index (χ0n) is 14.4. The minimum absolute atomic E-state index is 0.832. The van der Waals surface area contributed by atoms with Gasteiger partial charge in [0.25, 0.3) is 0 Å². The van der Waals surface area contributed by atoms with E-state index in [1.54, 1.807) is 6.26 Å². The van der Waals surface area contributed by atoms with Crippen molar-refractivity contribution >= 4 is 34.0 Å². The summed E-state index contributed by atoms with van der Waals surface area (Å²) in [4.78, 5) is 5.61. The van der Waals surface area contributed by atoms with Crippen molar-refractivity contribution in [2.45, 2.75) is 4.90 Å². The molecule has 4 heteroatoms. The molecule has 4 rings (SSSR count). The largest absolute Gasteiger partial charge is 0.293 e. The van der Waals surface area contributed by atoms with Gasteiger partial charge in [0.1, 0.15) is 5.82 Å². The summed E-state index contributed by atoms with van der Waals surface area (Å²) in [7, 11) is -0.957. The summed E-state index contributed by atoms with van der Waals surface area (Å²) < 4.78 is 13.7. The van der Waals surface area contributed by atoms with Gasteiger partial charge in [-0.25, -0.2) is 4.98 Å². The fraction of sp³-hybridized carbons (Fsp3) is 0.0455. The summed E-state index contributed by atoms with van der Waals surface area (Å²) in [6.45, 7) is 0. The average Bonchev–Trinajstić information content (AvgIpc) is 3.05. The summed E-state index contributed by atoms with van der Waals surface area (Å²) >= 11 is 0. The highest BCUT2D eigenvalue weighted by Gasteiger charge is 2.09. The smallest absolute Gasteiger partial charge is 0.138 e. The number of hydrogen-bond acceptors (Lipinski definition) is 2. The number of rotatable bonds is 4. The zero-order valence-corrected chi connectivity index (χ0v) is 15.2. The Morgan fingerprint density at radius 3 is 2.27 bits per heavy atom. The summed E-state index contributed by atoms with van der Waals surface area (Å²) in [6.07, 6.45) is 5.74. The Labute approximate surface area is 155 Å². The van der Waals surface area contributed by atoms with Crippen LogP contribution in [0, 0.1) is 0 Å². The molecule has 1 unspecified atom stereocenters. The van der Waals surface area contributed by atoms with Crippen molar-refractivity contribution in [1.82, 2.24) is 9.55 Å². The molecule has 1 atom stereocenters. The maximum Gasteiger partial charge on any atom is 0.138 e. The molecule has 0 spiro atoms. The summed E-state index contributed by atoms with van der Waals surface area (Å²) in [5.41, 5.74) is 4.17. The van der Waals surface area contributed by atoms with E-state index < -0.39 is 10.8 Å². The molecule has 128 valence electrons. The molecule has 0 radical (unpaired) electrons. The molecule has 0 N–H and O–H groups in total. The molecule has 0 bridgehead atoms. The standard InChI is InChI=1S/C22H18N2OS/c1-26(25)19-14-11-17(12-15-19)13-16-22-23-20-9-5-6-10-21(20)24(22)18-7-3-2-4-8-18/h2-16H,1H3. The van der Waals surface area contributed by atoms with Crippen molar-refractivity contribution in [3.05, 3.63) is 90.3 Å². The van der Waals surface area contributed by atoms with Gasteiger partial charge in [-0.3, -0.25) is 8.78 Å². The number of para-hydroxylation sites is 3. The van der Waals surface area contributed by atoms with Gasteiger partial charge in [-0.15, -0.1) is 0 Å². The number of nitrogens with zero attached hydrogens (tertiary/aromatic N) is 2.